The van der Waals surface area contributed by atoms with E-state index in [1.807, 2.05) is 18.7 Å². The van der Waals surface area contributed by atoms with Crippen LogP contribution in [0.3, 0.4) is 0 Å². The van der Waals surface area contributed by atoms with Crippen molar-refractivity contribution in [2.45, 2.75) is 64.0 Å². The highest BCUT2D eigenvalue weighted by Crippen LogP contribution is 2.28. The number of aliphatic hydroxyl groups is 1. The number of rotatable bonds is 7. The van der Waals surface area contributed by atoms with Crippen LogP contribution in [0.15, 0.2) is 0 Å². The second-order valence-electron chi connectivity index (χ2n) is 5.02. The Labute approximate surface area is 104 Å². The molecular weight excluding hydrogens is 216 g/mol. The van der Waals surface area contributed by atoms with Crippen LogP contribution in [0.2, 0.25) is 0 Å². The van der Waals surface area contributed by atoms with Gasteiger partial charge in [-0.15, -0.1) is 0 Å². The molecule has 0 aliphatic heterocycles. The molecule has 1 saturated carbocycles. The molecule has 0 heterocycles. The third kappa shape index (κ3) is 3.19. The Morgan fingerprint density at radius 3 is 2.35 bits per heavy atom. The van der Waals surface area contributed by atoms with Crippen molar-refractivity contribution in [3.8, 4) is 0 Å². The van der Waals surface area contributed by atoms with E-state index in [-0.39, 0.29) is 12.5 Å². The summed E-state index contributed by atoms with van der Waals surface area (Å²) >= 11 is 0. The third-order valence-electron chi connectivity index (χ3n) is 4.02. The van der Waals surface area contributed by atoms with Crippen molar-refractivity contribution >= 4 is 5.91 Å². The van der Waals surface area contributed by atoms with Gasteiger partial charge in [-0.05, 0) is 38.5 Å². The number of hydrogen-bond donors (Lipinski definition) is 2. The van der Waals surface area contributed by atoms with E-state index in [1.165, 1.54) is 6.42 Å². The van der Waals surface area contributed by atoms with Crippen LogP contribution >= 0.6 is 0 Å². The van der Waals surface area contributed by atoms with E-state index in [1.54, 1.807) is 0 Å². The minimum atomic E-state index is -0.717. The van der Waals surface area contributed by atoms with Gasteiger partial charge in [0.05, 0.1) is 5.54 Å². The van der Waals surface area contributed by atoms with Gasteiger partial charge in [0.25, 0.3) is 0 Å². The van der Waals surface area contributed by atoms with E-state index >= 15 is 0 Å². The molecule has 0 aromatic rings. The number of nitrogens with two attached hydrogens (primary N) is 1. The summed E-state index contributed by atoms with van der Waals surface area (Å²) in [5.74, 6) is 0.0700. The standard InChI is InChI=1S/C13H26N2O2/c1-3-13(14,4-2)12(17)15(9-6-10-16)11-7-5-8-11/h11,16H,3-10,14H2,1-2H3. The lowest BCUT2D eigenvalue weighted by Gasteiger charge is -2.42. The highest BCUT2D eigenvalue weighted by Gasteiger charge is 2.38. The first kappa shape index (κ1) is 14.5. The molecule has 1 aliphatic carbocycles. The summed E-state index contributed by atoms with van der Waals surface area (Å²) in [6, 6.07) is 0.357. The Bertz CT molecular complexity index is 248. The van der Waals surface area contributed by atoms with E-state index in [4.69, 9.17) is 10.8 Å². The van der Waals surface area contributed by atoms with Gasteiger partial charge in [-0.1, -0.05) is 13.8 Å². The van der Waals surface area contributed by atoms with Crippen molar-refractivity contribution in [3.05, 3.63) is 0 Å². The summed E-state index contributed by atoms with van der Waals surface area (Å²) in [6.45, 7) is 4.70. The first-order chi connectivity index (χ1) is 8.09. The van der Waals surface area contributed by atoms with E-state index in [0.29, 0.717) is 31.8 Å². The summed E-state index contributed by atoms with van der Waals surface area (Å²) in [6.07, 6.45) is 5.35. The van der Waals surface area contributed by atoms with Gasteiger partial charge in [-0.25, -0.2) is 0 Å². The van der Waals surface area contributed by atoms with Crippen molar-refractivity contribution in [1.29, 1.82) is 0 Å². The monoisotopic (exact) mass is 242 g/mol. The maximum Gasteiger partial charge on any atom is 0.242 e. The lowest BCUT2D eigenvalue weighted by molar-refractivity contribution is -0.141. The summed E-state index contributed by atoms with van der Waals surface area (Å²) < 4.78 is 0. The van der Waals surface area contributed by atoms with Crippen LogP contribution < -0.4 is 5.73 Å². The van der Waals surface area contributed by atoms with E-state index in [0.717, 1.165) is 12.8 Å². The van der Waals surface area contributed by atoms with Crippen LogP contribution in [-0.2, 0) is 4.79 Å². The van der Waals surface area contributed by atoms with Gasteiger partial charge in [0.1, 0.15) is 0 Å². The molecule has 0 aromatic carbocycles. The zero-order valence-electron chi connectivity index (χ0n) is 11.1. The fourth-order valence-corrected chi connectivity index (χ4v) is 2.23. The molecule has 17 heavy (non-hydrogen) atoms. The molecule has 0 aromatic heterocycles. The minimum absolute atomic E-state index is 0.0700. The Kier molecular flexibility index (Phi) is 5.40. The average molecular weight is 242 g/mol. The molecule has 1 fully saturated rings. The molecule has 0 saturated heterocycles. The van der Waals surface area contributed by atoms with Gasteiger partial charge < -0.3 is 15.7 Å². The van der Waals surface area contributed by atoms with Crippen LogP contribution in [0.4, 0.5) is 0 Å². The Morgan fingerprint density at radius 2 is 2.00 bits per heavy atom. The summed E-state index contributed by atoms with van der Waals surface area (Å²) in [4.78, 5) is 14.4. The largest absolute Gasteiger partial charge is 0.396 e. The van der Waals surface area contributed by atoms with Crippen molar-refractivity contribution in [2.24, 2.45) is 5.73 Å². The number of amides is 1. The first-order valence-corrected chi connectivity index (χ1v) is 6.79. The molecule has 1 rings (SSSR count). The molecule has 0 unspecified atom stereocenters. The lowest BCUT2D eigenvalue weighted by atomic mass is 9.87. The fourth-order valence-electron chi connectivity index (χ4n) is 2.23. The topological polar surface area (TPSA) is 66.6 Å². The molecule has 4 heteroatoms. The second-order valence-corrected chi connectivity index (χ2v) is 5.02. The molecule has 0 atom stereocenters. The van der Waals surface area contributed by atoms with Crippen LogP contribution in [-0.4, -0.2) is 40.6 Å². The molecule has 100 valence electrons. The van der Waals surface area contributed by atoms with Crippen molar-refractivity contribution < 1.29 is 9.90 Å². The Balaban J connectivity index is 2.70. The van der Waals surface area contributed by atoms with Crippen LogP contribution in [0.25, 0.3) is 0 Å². The molecule has 1 aliphatic rings. The van der Waals surface area contributed by atoms with Gasteiger partial charge in [0.15, 0.2) is 0 Å². The van der Waals surface area contributed by atoms with Gasteiger partial charge in [-0.2, -0.15) is 0 Å². The van der Waals surface area contributed by atoms with Crippen LogP contribution in [0.5, 0.6) is 0 Å². The summed E-state index contributed by atoms with van der Waals surface area (Å²) in [5.41, 5.74) is 5.46. The Morgan fingerprint density at radius 1 is 1.41 bits per heavy atom. The van der Waals surface area contributed by atoms with Crippen molar-refractivity contribution in [3.63, 3.8) is 0 Å². The first-order valence-electron chi connectivity index (χ1n) is 6.79. The van der Waals surface area contributed by atoms with Gasteiger partial charge in [0.2, 0.25) is 5.91 Å². The fraction of sp³-hybridized carbons (Fsp3) is 0.923. The molecule has 0 spiro atoms. The number of nitrogens with zero attached hydrogens (tertiary/aromatic N) is 1. The minimum Gasteiger partial charge on any atom is -0.396 e. The van der Waals surface area contributed by atoms with Crippen LogP contribution in [0.1, 0.15) is 52.4 Å². The van der Waals surface area contributed by atoms with Crippen LogP contribution in [0, 0.1) is 0 Å². The zero-order valence-corrected chi connectivity index (χ0v) is 11.1. The predicted octanol–water partition coefficient (Wildman–Crippen LogP) is 1.27. The third-order valence-corrected chi connectivity index (χ3v) is 4.02. The Hall–Kier alpha value is -0.610. The number of aliphatic hydroxyl groups excluding tert-OH is 1. The predicted molar refractivity (Wildman–Crippen MR) is 68.6 cm³/mol. The summed E-state index contributed by atoms with van der Waals surface area (Å²) in [7, 11) is 0. The molecule has 3 N–H and O–H groups in total. The van der Waals surface area contributed by atoms with Gasteiger partial charge in [-0.3, -0.25) is 4.79 Å². The highest BCUT2D eigenvalue weighted by molar-refractivity contribution is 5.86. The summed E-state index contributed by atoms with van der Waals surface area (Å²) in [5, 5.41) is 8.92. The van der Waals surface area contributed by atoms with Crippen molar-refractivity contribution in [2.75, 3.05) is 13.2 Å². The zero-order chi connectivity index (χ0) is 12.9. The van der Waals surface area contributed by atoms with Gasteiger partial charge >= 0.3 is 0 Å². The molecule has 1 amide bonds. The number of carbonyl (C=O) groups is 1. The van der Waals surface area contributed by atoms with E-state index in [2.05, 4.69) is 0 Å². The number of hydrogen-bond acceptors (Lipinski definition) is 3. The molecule has 0 radical (unpaired) electrons. The maximum atomic E-state index is 12.5. The van der Waals surface area contributed by atoms with Gasteiger partial charge in [0, 0.05) is 19.2 Å². The SMILES string of the molecule is CCC(N)(CC)C(=O)N(CCCO)C1CCC1. The lowest BCUT2D eigenvalue weighted by Crippen LogP contribution is -2.58. The molecule has 4 nitrogen and oxygen atoms in total. The quantitative estimate of drug-likeness (QED) is 0.706. The smallest absolute Gasteiger partial charge is 0.242 e. The van der Waals surface area contributed by atoms with E-state index < -0.39 is 5.54 Å². The van der Waals surface area contributed by atoms with E-state index in [9.17, 15) is 4.79 Å². The molecular formula is C13H26N2O2. The normalized spacial score (nSPS) is 16.7. The average Bonchev–Trinajstić information content (AvgIpc) is 2.30. The molecule has 0 bridgehead atoms. The highest BCUT2D eigenvalue weighted by atomic mass is 16.3. The second kappa shape index (κ2) is 6.36. The maximum absolute atomic E-state index is 12.5. The van der Waals surface area contributed by atoms with Crippen molar-refractivity contribution in [1.82, 2.24) is 4.90 Å². The number of carbonyl (C=O) groups excluding carboxylic acids is 1.